The van der Waals surface area contributed by atoms with Crippen LogP contribution in [-0.2, 0) is 7.05 Å². The molecule has 1 aliphatic rings. The zero-order valence-corrected chi connectivity index (χ0v) is 8.67. The Bertz CT molecular complexity index is 308. The van der Waals surface area contributed by atoms with Gasteiger partial charge in [-0.15, -0.1) is 0 Å². The van der Waals surface area contributed by atoms with Crippen molar-refractivity contribution in [1.29, 1.82) is 0 Å². The highest BCUT2D eigenvalue weighted by Crippen LogP contribution is 2.46. The second kappa shape index (κ2) is 3.31. The SMILES string of the molecule is CNCC1CC1c1ncc(Cl)n1C. The van der Waals surface area contributed by atoms with Crippen molar-refractivity contribution in [3.05, 3.63) is 17.2 Å². The summed E-state index contributed by atoms with van der Waals surface area (Å²) in [5.74, 6) is 2.50. The van der Waals surface area contributed by atoms with Gasteiger partial charge in [-0.1, -0.05) is 11.6 Å². The van der Waals surface area contributed by atoms with Crippen LogP contribution in [0.15, 0.2) is 6.20 Å². The largest absolute Gasteiger partial charge is 0.322 e. The van der Waals surface area contributed by atoms with E-state index in [1.54, 1.807) is 6.20 Å². The molecule has 1 fully saturated rings. The topological polar surface area (TPSA) is 29.9 Å². The van der Waals surface area contributed by atoms with Crippen LogP contribution in [-0.4, -0.2) is 23.1 Å². The Hall–Kier alpha value is -0.540. The summed E-state index contributed by atoms with van der Waals surface area (Å²) in [6, 6.07) is 0. The molecule has 0 bridgehead atoms. The quantitative estimate of drug-likeness (QED) is 0.798. The second-order valence-electron chi connectivity index (χ2n) is 3.66. The number of hydrogen-bond acceptors (Lipinski definition) is 2. The lowest BCUT2D eigenvalue weighted by molar-refractivity contribution is 0.673. The number of halogens is 1. The molecule has 72 valence electrons. The Labute approximate surface area is 83.1 Å². The van der Waals surface area contributed by atoms with Gasteiger partial charge in [-0.25, -0.2) is 4.98 Å². The van der Waals surface area contributed by atoms with E-state index in [0.717, 1.165) is 23.4 Å². The van der Waals surface area contributed by atoms with Gasteiger partial charge in [0.15, 0.2) is 0 Å². The van der Waals surface area contributed by atoms with E-state index in [1.165, 1.54) is 6.42 Å². The summed E-state index contributed by atoms with van der Waals surface area (Å²) in [7, 11) is 3.96. The third kappa shape index (κ3) is 1.58. The molecule has 0 aliphatic heterocycles. The van der Waals surface area contributed by atoms with Gasteiger partial charge in [-0.3, -0.25) is 0 Å². The Morgan fingerprint density at radius 3 is 3.08 bits per heavy atom. The van der Waals surface area contributed by atoms with Crippen molar-refractivity contribution in [2.24, 2.45) is 13.0 Å². The summed E-state index contributed by atoms with van der Waals surface area (Å²) >= 11 is 5.91. The highest BCUT2D eigenvalue weighted by atomic mass is 35.5. The third-order valence-corrected chi connectivity index (χ3v) is 3.04. The van der Waals surface area contributed by atoms with Gasteiger partial charge in [0.1, 0.15) is 11.0 Å². The number of nitrogens with zero attached hydrogens (tertiary/aromatic N) is 2. The third-order valence-electron chi connectivity index (χ3n) is 2.69. The predicted molar refractivity (Wildman–Crippen MR) is 53.0 cm³/mol. The highest BCUT2D eigenvalue weighted by molar-refractivity contribution is 6.29. The first-order chi connectivity index (χ1) is 6.24. The fraction of sp³-hybridized carbons (Fsp3) is 0.667. The Kier molecular flexibility index (Phi) is 2.30. The highest BCUT2D eigenvalue weighted by Gasteiger charge is 2.40. The number of hydrogen-bond donors (Lipinski definition) is 1. The Morgan fingerprint density at radius 1 is 1.77 bits per heavy atom. The van der Waals surface area contributed by atoms with Crippen LogP contribution in [0, 0.1) is 5.92 Å². The van der Waals surface area contributed by atoms with Gasteiger partial charge < -0.3 is 9.88 Å². The van der Waals surface area contributed by atoms with E-state index < -0.39 is 0 Å². The van der Waals surface area contributed by atoms with Gasteiger partial charge in [0.05, 0.1) is 6.20 Å². The molecule has 2 rings (SSSR count). The van der Waals surface area contributed by atoms with Crippen molar-refractivity contribution >= 4 is 11.6 Å². The lowest BCUT2D eigenvalue weighted by Gasteiger charge is -2.01. The van der Waals surface area contributed by atoms with Crippen LogP contribution in [0.4, 0.5) is 0 Å². The minimum Gasteiger partial charge on any atom is -0.322 e. The van der Waals surface area contributed by atoms with Crippen molar-refractivity contribution < 1.29 is 0 Å². The lowest BCUT2D eigenvalue weighted by atomic mass is 10.3. The molecule has 0 radical (unpaired) electrons. The molecule has 0 amide bonds. The Morgan fingerprint density at radius 2 is 2.54 bits per heavy atom. The maximum Gasteiger partial charge on any atom is 0.128 e. The fourth-order valence-electron chi connectivity index (χ4n) is 1.80. The minimum absolute atomic E-state index is 0.616. The average Bonchev–Trinajstić information content (AvgIpc) is 2.77. The van der Waals surface area contributed by atoms with Gasteiger partial charge >= 0.3 is 0 Å². The minimum atomic E-state index is 0.616. The van der Waals surface area contributed by atoms with Crippen LogP contribution >= 0.6 is 11.6 Å². The molecule has 1 aliphatic carbocycles. The number of rotatable bonds is 3. The Balaban J connectivity index is 2.07. The summed E-state index contributed by atoms with van der Waals surface area (Å²) in [4.78, 5) is 4.31. The van der Waals surface area contributed by atoms with Crippen LogP contribution in [0.5, 0.6) is 0 Å². The number of nitrogens with one attached hydrogen (secondary N) is 1. The van der Waals surface area contributed by atoms with Crippen LogP contribution in [0.25, 0.3) is 0 Å². The summed E-state index contributed by atoms with van der Waals surface area (Å²) in [5, 5.41) is 3.91. The predicted octanol–water partition coefficient (Wildman–Crippen LogP) is 1.40. The van der Waals surface area contributed by atoms with Gasteiger partial charge in [-0.2, -0.15) is 0 Å². The first-order valence-electron chi connectivity index (χ1n) is 4.55. The molecule has 1 saturated carbocycles. The molecule has 0 aromatic carbocycles. The molecular formula is C9H14ClN3. The molecule has 1 aromatic heterocycles. The normalized spacial score (nSPS) is 26.4. The van der Waals surface area contributed by atoms with E-state index in [9.17, 15) is 0 Å². The van der Waals surface area contributed by atoms with E-state index in [4.69, 9.17) is 11.6 Å². The number of aromatic nitrogens is 2. The lowest BCUT2D eigenvalue weighted by Crippen LogP contribution is -2.11. The van der Waals surface area contributed by atoms with Crippen molar-refractivity contribution in [2.45, 2.75) is 12.3 Å². The van der Waals surface area contributed by atoms with Crippen LogP contribution in [0.2, 0.25) is 5.15 Å². The van der Waals surface area contributed by atoms with Gasteiger partial charge in [0.2, 0.25) is 0 Å². The van der Waals surface area contributed by atoms with Crippen molar-refractivity contribution in [3.63, 3.8) is 0 Å². The van der Waals surface area contributed by atoms with Crippen molar-refractivity contribution in [3.8, 4) is 0 Å². The second-order valence-corrected chi connectivity index (χ2v) is 4.05. The van der Waals surface area contributed by atoms with E-state index in [-0.39, 0.29) is 0 Å². The summed E-state index contributed by atoms with van der Waals surface area (Å²) < 4.78 is 1.97. The average molecular weight is 200 g/mol. The zero-order valence-electron chi connectivity index (χ0n) is 7.92. The van der Waals surface area contributed by atoms with E-state index in [2.05, 4.69) is 10.3 Å². The standard InChI is InChI=1S/C9H14ClN3/c1-11-4-6-3-7(6)9-12-5-8(10)13(9)2/h5-7,11H,3-4H2,1-2H3. The summed E-state index contributed by atoms with van der Waals surface area (Å²) in [5.41, 5.74) is 0. The first kappa shape index (κ1) is 9.03. The molecule has 1 N–H and O–H groups in total. The van der Waals surface area contributed by atoms with Gasteiger partial charge in [0, 0.05) is 13.0 Å². The molecule has 4 heteroatoms. The first-order valence-corrected chi connectivity index (χ1v) is 4.93. The molecule has 13 heavy (non-hydrogen) atoms. The maximum atomic E-state index is 5.91. The molecule has 2 unspecified atom stereocenters. The molecular weight excluding hydrogens is 186 g/mol. The van der Waals surface area contributed by atoms with Crippen LogP contribution in [0.3, 0.4) is 0 Å². The van der Waals surface area contributed by atoms with E-state index in [1.807, 2.05) is 18.7 Å². The molecule has 3 nitrogen and oxygen atoms in total. The van der Waals surface area contributed by atoms with Gasteiger partial charge in [0.25, 0.3) is 0 Å². The monoisotopic (exact) mass is 199 g/mol. The van der Waals surface area contributed by atoms with Crippen molar-refractivity contribution in [2.75, 3.05) is 13.6 Å². The summed E-state index contributed by atoms with van der Waals surface area (Å²) in [6.45, 7) is 1.08. The fourth-order valence-corrected chi connectivity index (χ4v) is 1.93. The van der Waals surface area contributed by atoms with E-state index >= 15 is 0 Å². The van der Waals surface area contributed by atoms with Crippen molar-refractivity contribution in [1.82, 2.24) is 14.9 Å². The molecule has 2 atom stereocenters. The van der Waals surface area contributed by atoms with Gasteiger partial charge in [-0.05, 0) is 25.9 Å². The molecule has 1 aromatic rings. The number of imidazole rings is 1. The van der Waals surface area contributed by atoms with Crippen LogP contribution in [0.1, 0.15) is 18.2 Å². The molecule has 0 spiro atoms. The maximum absolute atomic E-state index is 5.91. The smallest absolute Gasteiger partial charge is 0.128 e. The molecule has 0 saturated heterocycles. The van der Waals surface area contributed by atoms with E-state index in [0.29, 0.717) is 5.92 Å². The zero-order chi connectivity index (χ0) is 9.42. The summed E-state index contributed by atoms with van der Waals surface area (Å²) in [6.07, 6.45) is 2.97. The van der Waals surface area contributed by atoms with Crippen LogP contribution < -0.4 is 5.32 Å². The molecule has 1 heterocycles.